The summed E-state index contributed by atoms with van der Waals surface area (Å²) < 4.78 is 20.9. The van der Waals surface area contributed by atoms with Crippen LogP contribution in [0, 0.1) is 11.2 Å². The van der Waals surface area contributed by atoms with Crippen LogP contribution in [0.15, 0.2) is 30.5 Å². The third kappa shape index (κ3) is 3.01. The molecule has 1 aromatic carbocycles. The SMILES string of the molecule is CCn1nccc1C(=O)N[Si](C(N)=O)[C@@H]1c2ccc(F)cc2OCC12CC2. The molecule has 1 saturated carbocycles. The standard InChI is InChI=1S/C18H20FN4O3Si/c1-2-23-13(5-8-21-23)16(24)22-27(17(20)25)15-12-4-3-11(19)9-14(12)26-10-18(15)6-7-18/h3-5,8-9,15H,2,6-7,10H2,1H3,(H2,20,25)(H,22,24)/t15-/m1/s1. The van der Waals surface area contributed by atoms with Crippen molar-refractivity contribution in [2.24, 2.45) is 11.1 Å². The lowest BCUT2D eigenvalue weighted by Crippen LogP contribution is -2.56. The number of amides is 2. The Labute approximate surface area is 157 Å². The number of nitrogens with one attached hydrogen (secondary N) is 1. The molecule has 4 rings (SSSR count). The van der Waals surface area contributed by atoms with Gasteiger partial charge in [-0.2, -0.15) is 5.10 Å². The molecule has 1 spiro atoms. The number of nitrogens with zero attached hydrogens (tertiary/aromatic N) is 2. The molecule has 1 aliphatic heterocycles. The van der Waals surface area contributed by atoms with Crippen molar-refractivity contribution in [2.45, 2.75) is 31.9 Å². The number of halogens is 1. The molecule has 1 radical (unpaired) electrons. The van der Waals surface area contributed by atoms with Gasteiger partial charge in [0.25, 0.3) is 14.9 Å². The highest BCUT2D eigenvalue weighted by molar-refractivity contribution is 6.90. The number of nitrogens with two attached hydrogens (primary N) is 1. The molecule has 2 heterocycles. The first-order chi connectivity index (χ1) is 12.9. The molecule has 0 unspecified atom stereocenters. The van der Waals surface area contributed by atoms with E-state index in [0.717, 1.165) is 18.4 Å². The fraction of sp³-hybridized carbons (Fsp3) is 0.389. The Morgan fingerprint density at radius 3 is 2.89 bits per heavy atom. The van der Waals surface area contributed by atoms with Crippen LogP contribution < -0.4 is 15.5 Å². The monoisotopic (exact) mass is 387 g/mol. The smallest absolute Gasteiger partial charge is 0.289 e. The Morgan fingerprint density at radius 1 is 1.44 bits per heavy atom. The van der Waals surface area contributed by atoms with Gasteiger partial charge in [-0.1, -0.05) is 6.07 Å². The van der Waals surface area contributed by atoms with E-state index in [2.05, 4.69) is 10.1 Å². The fourth-order valence-electron chi connectivity index (χ4n) is 3.80. The maximum atomic E-state index is 13.6. The van der Waals surface area contributed by atoms with Gasteiger partial charge in [-0.05, 0) is 37.5 Å². The summed E-state index contributed by atoms with van der Waals surface area (Å²) in [6, 6.07) is 5.93. The number of hydrogen-bond acceptors (Lipinski definition) is 4. The molecule has 2 aromatic rings. The number of benzene rings is 1. The molecule has 27 heavy (non-hydrogen) atoms. The Balaban J connectivity index is 1.70. The molecule has 141 valence electrons. The minimum Gasteiger partial charge on any atom is -0.493 e. The molecular weight excluding hydrogens is 367 g/mol. The van der Waals surface area contributed by atoms with Gasteiger partial charge in [0.2, 0.25) is 5.53 Å². The number of carbonyl (C=O) groups excluding carboxylic acids is 2. The third-order valence-electron chi connectivity index (χ3n) is 5.36. The maximum Gasteiger partial charge on any atom is 0.289 e. The first-order valence-electron chi connectivity index (χ1n) is 8.87. The van der Waals surface area contributed by atoms with Crippen LogP contribution in [-0.4, -0.2) is 36.8 Å². The molecule has 1 atom stereocenters. The van der Waals surface area contributed by atoms with Crippen molar-refractivity contribution in [1.29, 1.82) is 0 Å². The van der Waals surface area contributed by atoms with Gasteiger partial charge in [0.05, 0.1) is 6.61 Å². The first kappa shape index (κ1) is 17.7. The predicted molar refractivity (Wildman–Crippen MR) is 97.0 cm³/mol. The molecule has 0 bridgehead atoms. The van der Waals surface area contributed by atoms with Crippen LogP contribution in [0.25, 0.3) is 0 Å². The molecule has 7 nitrogen and oxygen atoms in total. The summed E-state index contributed by atoms with van der Waals surface area (Å²) in [4.78, 5) is 28.1. The molecule has 0 saturated heterocycles. The van der Waals surface area contributed by atoms with E-state index < -0.39 is 20.3 Å². The van der Waals surface area contributed by atoms with Crippen LogP contribution >= 0.6 is 0 Å². The van der Waals surface area contributed by atoms with Crippen molar-refractivity contribution in [3.05, 3.63) is 47.5 Å². The van der Waals surface area contributed by atoms with Crippen LogP contribution in [0.3, 0.4) is 0 Å². The van der Waals surface area contributed by atoms with E-state index in [1.54, 1.807) is 23.0 Å². The summed E-state index contributed by atoms with van der Waals surface area (Å²) >= 11 is 0. The van der Waals surface area contributed by atoms with Crippen molar-refractivity contribution in [3.8, 4) is 5.75 Å². The number of primary amides is 1. The lowest BCUT2D eigenvalue weighted by molar-refractivity contribution is 0.0966. The Morgan fingerprint density at radius 2 is 2.22 bits per heavy atom. The lowest BCUT2D eigenvalue weighted by atomic mass is 9.93. The summed E-state index contributed by atoms with van der Waals surface area (Å²) in [6.45, 7) is 2.82. The number of ether oxygens (including phenoxy) is 1. The highest BCUT2D eigenvalue weighted by atomic mass is 28.3. The van der Waals surface area contributed by atoms with Crippen LogP contribution in [-0.2, 0) is 6.54 Å². The quantitative estimate of drug-likeness (QED) is 0.766. The number of aromatic nitrogens is 2. The van der Waals surface area contributed by atoms with E-state index in [-0.39, 0.29) is 16.9 Å². The van der Waals surface area contributed by atoms with E-state index in [1.165, 1.54) is 12.1 Å². The third-order valence-corrected chi connectivity index (χ3v) is 7.89. The average molecular weight is 387 g/mol. The molecule has 2 aliphatic rings. The number of hydrogen-bond donors (Lipinski definition) is 2. The summed E-state index contributed by atoms with van der Waals surface area (Å²) in [5.41, 5.74) is 5.87. The van der Waals surface area contributed by atoms with Gasteiger partial charge in [0.1, 0.15) is 17.3 Å². The van der Waals surface area contributed by atoms with Gasteiger partial charge >= 0.3 is 0 Å². The second-order valence-electron chi connectivity index (χ2n) is 7.03. The zero-order valence-electron chi connectivity index (χ0n) is 14.9. The van der Waals surface area contributed by atoms with E-state index >= 15 is 0 Å². The Hall–Kier alpha value is -2.68. The van der Waals surface area contributed by atoms with Crippen LogP contribution in [0.1, 0.15) is 41.4 Å². The summed E-state index contributed by atoms with van der Waals surface area (Å²) in [6.07, 6.45) is 3.32. The van der Waals surface area contributed by atoms with Gasteiger partial charge in [-0.15, -0.1) is 0 Å². The van der Waals surface area contributed by atoms with Crippen LogP contribution in [0.4, 0.5) is 9.18 Å². The molecule has 1 aromatic heterocycles. The minimum atomic E-state index is -2.18. The molecule has 1 aliphatic carbocycles. The topological polar surface area (TPSA) is 99.2 Å². The second kappa shape index (κ2) is 6.49. The minimum absolute atomic E-state index is 0.216. The second-order valence-corrected chi connectivity index (χ2v) is 9.18. The summed E-state index contributed by atoms with van der Waals surface area (Å²) in [5, 5.41) is 4.10. The summed E-state index contributed by atoms with van der Waals surface area (Å²) in [5.74, 6) is -0.343. The number of aryl methyl sites for hydroxylation is 1. The normalized spacial score (nSPS) is 19.4. The number of carbonyl (C=O) groups is 2. The van der Waals surface area contributed by atoms with Crippen molar-refractivity contribution in [3.63, 3.8) is 0 Å². The largest absolute Gasteiger partial charge is 0.493 e. The van der Waals surface area contributed by atoms with E-state index in [1.807, 2.05) is 6.92 Å². The van der Waals surface area contributed by atoms with Crippen molar-refractivity contribution >= 4 is 20.4 Å². The van der Waals surface area contributed by atoms with Gasteiger partial charge < -0.3 is 15.5 Å². The van der Waals surface area contributed by atoms with Crippen LogP contribution in [0.5, 0.6) is 5.75 Å². The van der Waals surface area contributed by atoms with Gasteiger partial charge in [0, 0.05) is 29.8 Å². The molecular formula is C18H20FN4O3Si. The highest BCUT2D eigenvalue weighted by Gasteiger charge is 2.58. The Bertz CT molecular complexity index is 912. The number of rotatable bonds is 5. The predicted octanol–water partition coefficient (Wildman–Crippen LogP) is 1.92. The summed E-state index contributed by atoms with van der Waals surface area (Å²) in [7, 11) is -2.18. The van der Waals surface area contributed by atoms with E-state index in [9.17, 15) is 14.0 Å². The van der Waals surface area contributed by atoms with Crippen molar-refractivity contribution in [1.82, 2.24) is 14.8 Å². The van der Waals surface area contributed by atoms with Gasteiger partial charge in [0.15, 0.2) is 0 Å². The van der Waals surface area contributed by atoms with Crippen LogP contribution in [0.2, 0.25) is 0 Å². The van der Waals surface area contributed by atoms with E-state index in [4.69, 9.17) is 10.5 Å². The molecule has 9 heteroatoms. The molecule has 3 N–H and O–H groups in total. The van der Waals surface area contributed by atoms with Crippen molar-refractivity contribution in [2.75, 3.05) is 6.61 Å². The fourth-order valence-corrected chi connectivity index (χ4v) is 6.26. The number of fused-ring (bicyclic) bond motifs is 1. The van der Waals surface area contributed by atoms with Crippen molar-refractivity contribution < 1.29 is 18.7 Å². The first-order valence-corrected chi connectivity index (χ1v) is 10.4. The zero-order valence-corrected chi connectivity index (χ0v) is 15.9. The molecule has 1 fully saturated rings. The van der Waals surface area contributed by atoms with Gasteiger partial charge in [-0.3, -0.25) is 14.3 Å². The maximum absolute atomic E-state index is 13.6. The lowest BCUT2D eigenvalue weighted by Gasteiger charge is -2.36. The average Bonchev–Trinajstić information content (AvgIpc) is 3.24. The van der Waals surface area contributed by atoms with Gasteiger partial charge in [-0.25, -0.2) is 4.39 Å². The Kier molecular flexibility index (Phi) is 4.26. The zero-order chi connectivity index (χ0) is 19.2. The highest BCUT2D eigenvalue weighted by Crippen LogP contribution is 2.60. The van der Waals surface area contributed by atoms with E-state index in [0.29, 0.717) is 24.6 Å². The molecule has 2 amide bonds.